The third-order valence-corrected chi connectivity index (χ3v) is 6.53. The molecular weight excluding hydrogens is 433 g/mol. The number of hydrogen-bond donors (Lipinski definition) is 1. The molecule has 0 aromatic heterocycles. The molecule has 2 amide bonds. The number of para-hydroxylation sites is 2. The third-order valence-electron chi connectivity index (χ3n) is 6.53. The molecule has 1 aliphatic carbocycles. The standard InChI is InChI=1S/C27H32FN3O3/c1-30(21-11-3-2-4-12-21)17-9-16-29-26(32)19-31-23-14-7-8-15-24(23)34-25(27(31)33)18-20-10-5-6-13-22(20)28/h5-8,10,13-15,18,21H,2-4,9,11-12,16-17,19H2,1H3,(H,29,32). The van der Waals surface area contributed by atoms with Crippen molar-refractivity contribution in [2.45, 2.75) is 44.6 Å². The van der Waals surface area contributed by atoms with E-state index < -0.39 is 11.7 Å². The van der Waals surface area contributed by atoms with E-state index in [4.69, 9.17) is 4.74 Å². The van der Waals surface area contributed by atoms with E-state index in [0.717, 1.165) is 13.0 Å². The largest absolute Gasteiger partial charge is 0.449 e. The van der Waals surface area contributed by atoms with E-state index in [1.54, 1.807) is 42.5 Å². The van der Waals surface area contributed by atoms with Crippen molar-refractivity contribution in [2.24, 2.45) is 0 Å². The van der Waals surface area contributed by atoms with Gasteiger partial charge in [0.15, 0.2) is 11.5 Å². The number of fused-ring (bicyclic) bond motifs is 1. The first-order valence-electron chi connectivity index (χ1n) is 12.0. The minimum atomic E-state index is -0.478. The normalized spacial score (nSPS) is 17.6. The van der Waals surface area contributed by atoms with E-state index in [2.05, 4.69) is 17.3 Å². The van der Waals surface area contributed by atoms with Crippen LogP contribution < -0.4 is 15.0 Å². The molecule has 2 aliphatic rings. The van der Waals surface area contributed by atoms with E-state index in [9.17, 15) is 14.0 Å². The van der Waals surface area contributed by atoms with Crippen molar-refractivity contribution in [3.8, 4) is 5.75 Å². The minimum absolute atomic E-state index is 0.0225. The average Bonchev–Trinajstić information content (AvgIpc) is 2.86. The summed E-state index contributed by atoms with van der Waals surface area (Å²) in [5.41, 5.74) is 0.766. The maximum Gasteiger partial charge on any atom is 0.294 e. The van der Waals surface area contributed by atoms with Crippen LogP contribution in [0, 0.1) is 5.82 Å². The number of carbonyl (C=O) groups excluding carboxylic acids is 2. The SMILES string of the molecule is CN(CCCNC(=O)CN1C(=O)C(=Cc2ccccc2F)Oc2ccccc21)C1CCCCC1. The average molecular weight is 466 g/mol. The van der Waals surface area contributed by atoms with E-state index in [1.165, 1.54) is 49.1 Å². The zero-order chi connectivity index (χ0) is 23.9. The second-order valence-electron chi connectivity index (χ2n) is 8.97. The van der Waals surface area contributed by atoms with Crippen LogP contribution >= 0.6 is 0 Å². The van der Waals surface area contributed by atoms with Gasteiger partial charge in [-0.15, -0.1) is 0 Å². The second kappa shape index (κ2) is 11.3. The van der Waals surface area contributed by atoms with Crippen LogP contribution in [0.15, 0.2) is 54.3 Å². The van der Waals surface area contributed by atoms with E-state index in [0.29, 0.717) is 24.0 Å². The van der Waals surface area contributed by atoms with Gasteiger partial charge in [-0.1, -0.05) is 49.6 Å². The smallest absolute Gasteiger partial charge is 0.294 e. The van der Waals surface area contributed by atoms with Crippen LogP contribution in [0.5, 0.6) is 5.75 Å². The first-order valence-corrected chi connectivity index (χ1v) is 12.0. The molecule has 180 valence electrons. The molecule has 0 saturated heterocycles. The van der Waals surface area contributed by atoms with Gasteiger partial charge in [-0.05, 0) is 57.1 Å². The number of nitrogens with one attached hydrogen (secondary N) is 1. The van der Waals surface area contributed by atoms with Crippen LogP contribution in [-0.4, -0.2) is 49.4 Å². The summed E-state index contributed by atoms with van der Waals surface area (Å²) in [6.07, 6.45) is 8.67. The molecule has 2 aromatic rings. The Labute approximate surface area is 200 Å². The summed E-state index contributed by atoms with van der Waals surface area (Å²) in [5.74, 6) is -0.741. The number of rotatable bonds is 8. The van der Waals surface area contributed by atoms with Gasteiger partial charge in [0.25, 0.3) is 5.91 Å². The van der Waals surface area contributed by atoms with Gasteiger partial charge in [0, 0.05) is 18.2 Å². The molecule has 6 nitrogen and oxygen atoms in total. The molecule has 2 aromatic carbocycles. The van der Waals surface area contributed by atoms with Gasteiger partial charge in [-0.3, -0.25) is 14.5 Å². The summed E-state index contributed by atoms with van der Waals surface area (Å²) < 4.78 is 19.9. The monoisotopic (exact) mass is 465 g/mol. The number of halogens is 1. The van der Waals surface area contributed by atoms with Gasteiger partial charge < -0.3 is 15.0 Å². The highest BCUT2D eigenvalue weighted by Gasteiger charge is 2.31. The molecule has 34 heavy (non-hydrogen) atoms. The first-order chi connectivity index (χ1) is 16.5. The number of anilines is 1. The molecule has 1 N–H and O–H groups in total. The lowest BCUT2D eigenvalue weighted by Gasteiger charge is -2.31. The quantitative estimate of drug-likeness (QED) is 0.465. The maximum atomic E-state index is 14.1. The number of benzene rings is 2. The van der Waals surface area contributed by atoms with Crippen molar-refractivity contribution in [3.05, 3.63) is 65.7 Å². The van der Waals surface area contributed by atoms with Crippen molar-refractivity contribution < 1.29 is 18.7 Å². The number of carbonyl (C=O) groups is 2. The number of hydrogen-bond acceptors (Lipinski definition) is 4. The molecule has 1 aliphatic heterocycles. The van der Waals surface area contributed by atoms with E-state index in [1.807, 2.05) is 0 Å². The summed E-state index contributed by atoms with van der Waals surface area (Å²) in [5, 5.41) is 2.93. The molecule has 7 heteroatoms. The predicted octanol–water partition coefficient (Wildman–Crippen LogP) is 4.36. The van der Waals surface area contributed by atoms with Crippen molar-refractivity contribution in [1.82, 2.24) is 10.2 Å². The molecular formula is C27H32FN3O3. The summed E-state index contributed by atoms with van der Waals surface area (Å²) >= 11 is 0. The van der Waals surface area contributed by atoms with E-state index >= 15 is 0 Å². The van der Waals surface area contributed by atoms with Crippen molar-refractivity contribution in [3.63, 3.8) is 0 Å². The van der Waals surface area contributed by atoms with Crippen LogP contribution in [0.4, 0.5) is 10.1 Å². The summed E-state index contributed by atoms with van der Waals surface area (Å²) in [6, 6.07) is 13.8. The van der Waals surface area contributed by atoms with Gasteiger partial charge in [-0.2, -0.15) is 0 Å². The van der Waals surface area contributed by atoms with Crippen molar-refractivity contribution in [2.75, 3.05) is 31.6 Å². The highest BCUT2D eigenvalue weighted by Crippen LogP contribution is 2.35. The Morgan fingerprint density at radius 2 is 1.88 bits per heavy atom. The summed E-state index contributed by atoms with van der Waals surface area (Å²) in [4.78, 5) is 29.6. The van der Waals surface area contributed by atoms with Gasteiger partial charge >= 0.3 is 0 Å². The lowest BCUT2D eigenvalue weighted by molar-refractivity contribution is -0.123. The lowest BCUT2D eigenvalue weighted by atomic mass is 9.94. The summed E-state index contributed by atoms with van der Waals surface area (Å²) in [7, 11) is 2.16. The topological polar surface area (TPSA) is 61.9 Å². The van der Waals surface area contributed by atoms with Crippen LogP contribution in [0.2, 0.25) is 0 Å². The Hall–Kier alpha value is -3.19. The Balaban J connectivity index is 1.37. The molecule has 0 atom stereocenters. The predicted molar refractivity (Wildman–Crippen MR) is 131 cm³/mol. The summed E-state index contributed by atoms with van der Waals surface area (Å²) in [6.45, 7) is 1.35. The van der Waals surface area contributed by atoms with Gasteiger partial charge in [0.1, 0.15) is 12.4 Å². The zero-order valence-electron chi connectivity index (χ0n) is 19.6. The Morgan fingerprint density at radius 1 is 1.15 bits per heavy atom. The van der Waals surface area contributed by atoms with Gasteiger partial charge in [0.2, 0.25) is 5.91 Å². The van der Waals surface area contributed by atoms with E-state index in [-0.39, 0.29) is 23.8 Å². The fourth-order valence-electron chi connectivity index (χ4n) is 4.61. The Bertz CT molecular complexity index is 1050. The van der Waals surface area contributed by atoms with Crippen LogP contribution in [-0.2, 0) is 9.59 Å². The highest BCUT2D eigenvalue weighted by atomic mass is 19.1. The first kappa shape index (κ1) is 24.0. The molecule has 1 fully saturated rings. The fourth-order valence-corrected chi connectivity index (χ4v) is 4.61. The molecule has 0 radical (unpaired) electrons. The van der Waals surface area contributed by atoms with Gasteiger partial charge in [0.05, 0.1) is 5.69 Å². The van der Waals surface area contributed by atoms with Gasteiger partial charge in [-0.25, -0.2) is 4.39 Å². The highest BCUT2D eigenvalue weighted by molar-refractivity contribution is 6.12. The second-order valence-corrected chi connectivity index (χ2v) is 8.97. The van der Waals surface area contributed by atoms with Crippen LogP contribution in [0.1, 0.15) is 44.1 Å². The molecule has 0 bridgehead atoms. The lowest BCUT2D eigenvalue weighted by Crippen LogP contribution is -2.44. The molecule has 0 spiro atoms. The number of nitrogens with zero attached hydrogens (tertiary/aromatic N) is 2. The molecule has 4 rings (SSSR count). The van der Waals surface area contributed by atoms with Crippen LogP contribution in [0.3, 0.4) is 0 Å². The maximum absolute atomic E-state index is 14.1. The Kier molecular flexibility index (Phi) is 7.95. The van der Waals surface area contributed by atoms with Crippen molar-refractivity contribution >= 4 is 23.6 Å². The number of amides is 2. The van der Waals surface area contributed by atoms with Crippen molar-refractivity contribution in [1.29, 1.82) is 0 Å². The Morgan fingerprint density at radius 3 is 2.68 bits per heavy atom. The molecule has 1 heterocycles. The zero-order valence-corrected chi connectivity index (χ0v) is 19.6. The minimum Gasteiger partial charge on any atom is -0.449 e. The molecule has 0 unspecified atom stereocenters. The molecule has 1 saturated carbocycles. The number of ether oxygens (including phenoxy) is 1. The fraction of sp³-hybridized carbons (Fsp3) is 0.407. The van der Waals surface area contributed by atoms with Crippen LogP contribution in [0.25, 0.3) is 6.08 Å². The third kappa shape index (κ3) is 5.83.